The lowest BCUT2D eigenvalue weighted by molar-refractivity contribution is -0.139. The molecule has 0 aromatic heterocycles. The summed E-state index contributed by atoms with van der Waals surface area (Å²) in [7, 11) is 0. The number of hydrogen-bond acceptors (Lipinski definition) is 4. The summed E-state index contributed by atoms with van der Waals surface area (Å²) in [5.41, 5.74) is -0.622. The van der Waals surface area contributed by atoms with Gasteiger partial charge in [0.2, 0.25) is 11.8 Å². The molecule has 0 radical (unpaired) electrons. The molecule has 2 amide bonds. The second-order valence-corrected chi connectivity index (χ2v) is 7.05. The van der Waals surface area contributed by atoms with Gasteiger partial charge in [0.05, 0.1) is 29.5 Å². The summed E-state index contributed by atoms with van der Waals surface area (Å²) in [5, 5.41) is 11.8. The van der Waals surface area contributed by atoms with E-state index in [9.17, 15) is 18.8 Å². The Balaban J connectivity index is 1.70. The van der Waals surface area contributed by atoms with Crippen molar-refractivity contribution < 1.29 is 28.6 Å². The van der Waals surface area contributed by atoms with Crippen molar-refractivity contribution in [2.45, 2.75) is 24.8 Å². The van der Waals surface area contributed by atoms with E-state index >= 15 is 0 Å². The molecule has 0 spiro atoms. The molecule has 1 aromatic carbocycles. The van der Waals surface area contributed by atoms with Gasteiger partial charge in [-0.1, -0.05) is 11.6 Å². The number of amides is 2. The third-order valence-electron chi connectivity index (χ3n) is 4.69. The minimum Gasteiger partial charge on any atom is -0.481 e. The molecule has 1 aromatic rings. The Bertz CT molecular complexity index is 751. The van der Waals surface area contributed by atoms with E-state index in [1.807, 2.05) is 0 Å². The molecule has 3 rings (SSSR count). The van der Waals surface area contributed by atoms with Gasteiger partial charge < -0.3 is 20.1 Å². The number of nitrogens with zero attached hydrogens (tertiary/aromatic N) is 1. The molecule has 9 heteroatoms. The zero-order chi connectivity index (χ0) is 18.9. The van der Waals surface area contributed by atoms with Crippen molar-refractivity contribution in [1.29, 1.82) is 0 Å². The molecule has 2 atom stereocenters. The summed E-state index contributed by atoms with van der Waals surface area (Å²) in [6, 6.07) is 4.02. The number of carboxylic acids is 1. The van der Waals surface area contributed by atoms with Gasteiger partial charge in [0.25, 0.3) is 0 Å². The number of benzene rings is 1. The topological polar surface area (TPSA) is 95.9 Å². The Hall–Kier alpha value is -2.19. The molecule has 7 nitrogen and oxygen atoms in total. The zero-order valence-corrected chi connectivity index (χ0v) is 14.6. The molecular weight excluding hydrogens is 367 g/mol. The normalized spacial score (nSPS) is 25.5. The number of halogens is 2. The fourth-order valence-electron chi connectivity index (χ4n) is 3.33. The molecule has 0 bridgehead atoms. The predicted molar refractivity (Wildman–Crippen MR) is 90.4 cm³/mol. The first-order chi connectivity index (χ1) is 12.3. The Morgan fingerprint density at radius 2 is 2.23 bits per heavy atom. The Morgan fingerprint density at radius 1 is 1.46 bits per heavy atom. The summed E-state index contributed by atoms with van der Waals surface area (Å²) < 4.78 is 18.9. The minimum absolute atomic E-state index is 0.0277. The van der Waals surface area contributed by atoms with Crippen LogP contribution >= 0.6 is 11.6 Å². The van der Waals surface area contributed by atoms with Gasteiger partial charge in [-0.05, 0) is 24.6 Å². The van der Waals surface area contributed by atoms with Crippen LogP contribution in [0.2, 0.25) is 5.02 Å². The zero-order valence-electron chi connectivity index (χ0n) is 13.8. The maximum Gasteiger partial charge on any atom is 0.305 e. The second kappa shape index (κ2) is 7.20. The fraction of sp³-hybridized carbons (Fsp3) is 0.471. The molecule has 0 aliphatic carbocycles. The summed E-state index contributed by atoms with van der Waals surface area (Å²) >= 11 is 5.65. The largest absolute Gasteiger partial charge is 0.481 e. The van der Waals surface area contributed by atoms with Gasteiger partial charge in [0.15, 0.2) is 0 Å². The highest BCUT2D eigenvalue weighted by Gasteiger charge is 2.42. The van der Waals surface area contributed by atoms with E-state index in [1.165, 1.54) is 17.0 Å². The van der Waals surface area contributed by atoms with E-state index in [4.69, 9.17) is 21.4 Å². The van der Waals surface area contributed by atoms with Gasteiger partial charge in [-0.2, -0.15) is 0 Å². The first-order valence-corrected chi connectivity index (χ1v) is 8.54. The maximum atomic E-state index is 13.6. The number of hydrogen-bond donors (Lipinski definition) is 2. The lowest BCUT2D eigenvalue weighted by Crippen LogP contribution is -2.52. The van der Waals surface area contributed by atoms with Crippen LogP contribution in [0.1, 0.15) is 19.3 Å². The van der Waals surface area contributed by atoms with Crippen molar-refractivity contribution in [1.82, 2.24) is 5.32 Å². The van der Waals surface area contributed by atoms with Gasteiger partial charge in [-0.3, -0.25) is 14.4 Å². The van der Waals surface area contributed by atoms with Crippen LogP contribution in [0.3, 0.4) is 0 Å². The van der Waals surface area contributed by atoms with Crippen LogP contribution in [0.5, 0.6) is 0 Å². The number of ether oxygens (including phenoxy) is 1. The van der Waals surface area contributed by atoms with Crippen LogP contribution in [0.15, 0.2) is 18.2 Å². The monoisotopic (exact) mass is 384 g/mol. The number of aliphatic carboxylic acids is 1. The van der Waals surface area contributed by atoms with Gasteiger partial charge in [-0.15, -0.1) is 0 Å². The third-order valence-corrected chi connectivity index (χ3v) is 5.00. The molecule has 140 valence electrons. The highest BCUT2D eigenvalue weighted by atomic mass is 35.5. The third kappa shape index (κ3) is 3.81. The fourth-order valence-corrected chi connectivity index (χ4v) is 3.45. The molecule has 2 saturated heterocycles. The first kappa shape index (κ1) is 18.6. The molecular formula is C17H18ClFN2O5. The average molecular weight is 385 g/mol. The van der Waals surface area contributed by atoms with E-state index in [-0.39, 0.29) is 36.9 Å². The van der Waals surface area contributed by atoms with Crippen molar-refractivity contribution in [3.8, 4) is 0 Å². The lowest BCUT2D eigenvalue weighted by Gasteiger charge is -2.28. The van der Waals surface area contributed by atoms with Crippen molar-refractivity contribution in [2.24, 2.45) is 5.92 Å². The van der Waals surface area contributed by atoms with Crippen LogP contribution in [0.4, 0.5) is 10.1 Å². The van der Waals surface area contributed by atoms with Gasteiger partial charge in [-0.25, -0.2) is 4.39 Å². The quantitative estimate of drug-likeness (QED) is 0.803. The van der Waals surface area contributed by atoms with E-state index < -0.39 is 29.2 Å². The first-order valence-electron chi connectivity index (χ1n) is 8.17. The van der Waals surface area contributed by atoms with Crippen molar-refractivity contribution in [2.75, 3.05) is 24.7 Å². The van der Waals surface area contributed by atoms with Crippen LogP contribution in [-0.4, -0.2) is 48.2 Å². The number of carbonyl (C=O) groups excluding carboxylic acids is 2. The summed E-state index contributed by atoms with van der Waals surface area (Å²) in [6.07, 6.45) is 0.128. The predicted octanol–water partition coefficient (Wildman–Crippen LogP) is 1.58. The van der Waals surface area contributed by atoms with E-state index in [1.54, 1.807) is 0 Å². The molecule has 2 unspecified atom stereocenters. The summed E-state index contributed by atoms with van der Waals surface area (Å²) in [5.74, 6) is -3.03. The second-order valence-electron chi connectivity index (χ2n) is 6.65. The van der Waals surface area contributed by atoms with Gasteiger partial charge in [0.1, 0.15) is 5.82 Å². The van der Waals surface area contributed by atoms with Crippen LogP contribution < -0.4 is 10.2 Å². The maximum absolute atomic E-state index is 13.6. The van der Waals surface area contributed by atoms with Gasteiger partial charge in [0, 0.05) is 25.3 Å². The lowest BCUT2D eigenvalue weighted by atomic mass is 9.93. The van der Waals surface area contributed by atoms with Gasteiger partial charge >= 0.3 is 5.97 Å². The molecule has 2 fully saturated rings. The van der Waals surface area contributed by atoms with Crippen LogP contribution in [-0.2, 0) is 19.1 Å². The molecule has 26 heavy (non-hydrogen) atoms. The number of carboxylic acid groups (broad SMARTS) is 1. The minimum atomic E-state index is -1.03. The van der Waals surface area contributed by atoms with E-state index in [0.29, 0.717) is 18.7 Å². The highest BCUT2D eigenvalue weighted by molar-refractivity contribution is 6.30. The Kier molecular flexibility index (Phi) is 5.15. The van der Waals surface area contributed by atoms with Crippen molar-refractivity contribution in [3.63, 3.8) is 0 Å². The van der Waals surface area contributed by atoms with Crippen LogP contribution in [0, 0.1) is 11.7 Å². The average Bonchev–Trinajstić information content (AvgIpc) is 3.16. The van der Waals surface area contributed by atoms with Crippen molar-refractivity contribution >= 4 is 35.1 Å². The number of carbonyl (C=O) groups is 3. The van der Waals surface area contributed by atoms with E-state index in [2.05, 4.69) is 5.32 Å². The number of rotatable bonds is 5. The van der Waals surface area contributed by atoms with Crippen LogP contribution in [0.25, 0.3) is 0 Å². The smallest absolute Gasteiger partial charge is 0.305 e. The van der Waals surface area contributed by atoms with Crippen molar-refractivity contribution in [3.05, 3.63) is 29.0 Å². The molecule has 0 saturated carbocycles. The SMILES string of the molecule is O=C(O)CC1(NC(=O)C2CC(=O)N(c3ccc(Cl)c(F)c3)C2)CCOC1. The Labute approximate surface area is 154 Å². The Morgan fingerprint density at radius 3 is 2.85 bits per heavy atom. The molecule has 2 aliphatic heterocycles. The number of anilines is 1. The molecule has 2 aliphatic rings. The molecule has 2 heterocycles. The highest BCUT2D eigenvalue weighted by Crippen LogP contribution is 2.29. The molecule has 2 N–H and O–H groups in total. The standard InChI is InChI=1S/C17H18ClFN2O5/c18-12-2-1-11(6-13(12)19)21-8-10(5-14(21)22)16(25)20-17(7-15(23)24)3-4-26-9-17/h1-2,6,10H,3-5,7-9H2,(H,20,25)(H,23,24). The summed E-state index contributed by atoms with van der Waals surface area (Å²) in [6.45, 7) is 0.584. The van der Waals surface area contributed by atoms with E-state index in [0.717, 1.165) is 6.07 Å². The summed E-state index contributed by atoms with van der Waals surface area (Å²) in [4.78, 5) is 37.3. The number of nitrogens with one attached hydrogen (secondary N) is 1.